The van der Waals surface area contributed by atoms with Crippen molar-refractivity contribution < 1.29 is 23.8 Å². The summed E-state index contributed by atoms with van der Waals surface area (Å²) in [5.74, 6) is -0.0951. The van der Waals surface area contributed by atoms with Crippen molar-refractivity contribution in [3.8, 4) is 11.5 Å². The van der Waals surface area contributed by atoms with Crippen molar-refractivity contribution >= 4 is 29.1 Å². The predicted molar refractivity (Wildman–Crippen MR) is 152 cm³/mol. The maximum atomic E-state index is 13.3. The molecule has 1 atom stereocenters. The molecule has 214 valence electrons. The van der Waals surface area contributed by atoms with E-state index in [2.05, 4.69) is 29.8 Å². The van der Waals surface area contributed by atoms with Gasteiger partial charge < -0.3 is 30.7 Å². The van der Waals surface area contributed by atoms with Gasteiger partial charge in [-0.15, -0.1) is 0 Å². The molecule has 0 saturated heterocycles. The minimum atomic E-state index is -0.422. The van der Waals surface area contributed by atoms with E-state index in [0.29, 0.717) is 63.4 Å². The number of ether oxygens (including phenoxy) is 1. The van der Waals surface area contributed by atoms with Gasteiger partial charge >= 0.3 is 0 Å². The van der Waals surface area contributed by atoms with Gasteiger partial charge in [-0.2, -0.15) is 0 Å². The zero-order valence-electron chi connectivity index (χ0n) is 22.8. The van der Waals surface area contributed by atoms with E-state index in [-0.39, 0.29) is 35.2 Å². The standard InChI is InChI=1S/C29H40ClFN4O4/c1-3-4-5-20(2)35(27(38)12-15-32-13-10-21-6-8-24(31)23(30)18-21)17-16-33-14-11-22-7-9-25(36)28-29(22)39-19-26(37)34-28/h6-9,18,20,32-33,36H,3-5,10-17,19H2,1-2H3,(H,34,37). The number of phenolic OH excluding ortho intramolecular Hbond substituents is 1. The SMILES string of the molecule is CCCCC(C)N(CCNCCc1ccc(O)c2c1OCC(=O)N2)C(=O)CCNCCc1ccc(F)c(Cl)c1. The molecule has 2 amide bonds. The number of amides is 2. The van der Waals surface area contributed by atoms with Crippen molar-refractivity contribution in [2.75, 3.05) is 44.6 Å². The summed E-state index contributed by atoms with van der Waals surface area (Å²) in [5, 5.41) is 19.5. The summed E-state index contributed by atoms with van der Waals surface area (Å²) >= 11 is 5.85. The van der Waals surface area contributed by atoms with Crippen molar-refractivity contribution in [2.24, 2.45) is 0 Å². The van der Waals surface area contributed by atoms with Crippen LogP contribution in [-0.4, -0.2) is 67.2 Å². The van der Waals surface area contributed by atoms with Crippen LogP contribution in [0.3, 0.4) is 0 Å². The number of hydrogen-bond donors (Lipinski definition) is 4. The highest BCUT2D eigenvalue weighted by molar-refractivity contribution is 6.30. The van der Waals surface area contributed by atoms with Crippen LogP contribution in [0.25, 0.3) is 0 Å². The van der Waals surface area contributed by atoms with E-state index in [1.807, 2.05) is 4.90 Å². The first-order valence-corrected chi connectivity index (χ1v) is 14.1. The molecule has 0 fully saturated rings. The third kappa shape index (κ3) is 9.37. The molecule has 0 bridgehead atoms. The number of phenols is 1. The summed E-state index contributed by atoms with van der Waals surface area (Å²) in [6, 6.07) is 8.24. The number of benzene rings is 2. The maximum Gasteiger partial charge on any atom is 0.262 e. The molecule has 1 heterocycles. The van der Waals surface area contributed by atoms with E-state index in [9.17, 15) is 19.1 Å². The van der Waals surface area contributed by atoms with Crippen molar-refractivity contribution in [1.82, 2.24) is 15.5 Å². The van der Waals surface area contributed by atoms with Crippen LogP contribution in [0.15, 0.2) is 30.3 Å². The largest absolute Gasteiger partial charge is 0.506 e. The maximum absolute atomic E-state index is 13.3. The number of nitrogens with zero attached hydrogens (tertiary/aromatic N) is 1. The zero-order chi connectivity index (χ0) is 28.2. The lowest BCUT2D eigenvalue weighted by molar-refractivity contribution is -0.133. The van der Waals surface area contributed by atoms with E-state index >= 15 is 0 Å². The number of carbonyl (C=O) groups excluding carboxylic acids is 2. The third-order valence-electron chi connectivity index (χ3n) is 6.85. The second-order valence-corrected chi connectivity index (χ2v) is 10.3. The van der Waals surface area contributed by atoms with E-state index in [1.165, 1.54) is 6.07 Å². The number of fused-ring (bicyclic) bond motifs is 1. The number of carbonyl (C=O) groups is 2. The van der Waals surface area contributed by atoms with Gasteiger partial charge in [0.1, 0.15) is 17.3 Å². The third-order valence-corrected chi connectivity index (χ3v) is 7.14. The summed E-state index contributed by atoms with van der Waals surface area (Å²) in [5.41, 5.74) is 2.17. The number of hydrogen-bond acceptors (Lipinski definition) is 6. The van der Waals surface area contributed by atoms with Gasteiger partial charge in [-0.05, 0) is 68.6 Å². The lowest BCUT2D eigenvalue weighted by atomic mass is 10.1. The van der Waals surface area contributed by atoms with Crippen LogP contribution >= 0.6 is 11.6 Å². The van der Waals surface area contributed by atoms with Crippen molar-refractivity contribution in [3.05, 3.63) is 52.3 Å². The Hall–Kier alpha value is -2.88. The molecule has 39 heavy (non-hydrogen) atoms. The fourth-order valence-electron chi connectivity index (χ4n) is 4.60. The molecule has 4 N–H and O–H groups in total. The van der Waals surface area contributed by atoms with Gasteiger partial charge in [-0.25, -0.2) is 4.39 Å². The normalized spacial score (nSPS) is 13.4. The number of unbranched alkanes of at least 4 members (excludes halogenated alkanes) is 1. The number of rotatable bonds is 16. The topological polar surface area (TPSA) is 103 Å². The first kappa shape index (κ1) is 30.7. The van der Waals surface area contributed by atoms with Crippen LogP contribution < -0.4 is 20.7 Å². The number of anilines is 1. The highest BCUT2D eigenvalue weighted by Gasteiger charge is 2.22. The fraction of sp³-hybridized carbons (Fsp3) is 0.517. The Labute approximate surface area is 235 Å². The van der Waals surface area contributed by atoms with Crippen LogP contribution in [0.1, 0.15) is 50.7 Å². The monoisotopic (exact) mass is 562 g/mol. The van der Waals surface area contributed by atoms with E-state index in [4.69, 9.17) is 16.3 Å². The van der Waals surface area contributed by atoms with Crippen LogP contribution in [0, 0.1) is 5.82 Å². The highest BCUT2D eigenvalue weighted by Crippen LogP contribution is 2.39. The molecule has 3 rings (SSSR count). The first-order chi connectivity index (χ1) is 18.8. The van der Waals surface area contributed by atoms with Gasteiger partial charge in [0.25, 0.3) is 5.91 Å². The molecule has 0 aromatic heterocycles. The van der Waals surface area contributed by atoms with Crippen molar-refractivity contribution in [1.29, 1.82) is 0 Å². The smallest absolute Gasteiger partial charge is 0.262 e. The van der Waals surface area contributed by atoms with E-state index in [0.717, 1.165) is 30.4 Å². The van der Waals surface area contributed by atoms with Crippen LogP contribution in [0.2, 0.25) is 5.02 Å². The second kappa shape index (κ2) is 15.6. The number of aromatic hydroxyl groups is 1. The van der Waals surface area contributed by atoms with Gasteiger partial charge in [0.05, 0.1) is 5.02 Å². The summed E-state index contributed by atoms with van der Waals surface area (Å²) < 4.78 is 18.9. The molecule has 2 aromatic rings. The van der Waals surface area contributed by atoms with Crippen molar-refractivity contribution in [2.45, 2.75) is 58.4 Å². The molecule has 0 aliphatic carbocycles. The first-order valence-electron chi connectivity index (χ1n) is 13.7. The zero-order valence-corrected chi connectivity index (χ0v) is 23.6. The fourth-order valence-corrected chi connectivity index (χ4v) is 4.80. The van der Waals surface area contributed by atoms with E-state index < -0.39 is 5.82 Å². The Morgan fingerprint density at radius 2 is 1.95 bits per heavy atom. The average Bonchev–Trinajstić information content (AvgIpc) is 2.92. The molecule has 1 unspecified atom stereocenters. The van der Waals surface area contributed by atoms with E-state index in [1.54, 1.807) is 24.3 Å². The Morgan fingerprint density at radius 1 is 1.18 bits per heavy atom. The second-order valence-electron chi connectivity index (χ2n) is 9.86. The van der Waals surface area contributed by atoms with Crippen LogP contribution in [0.4, 0.5) is 10.1 Å². The number of halogens is 2. The van der Waals surface area contributed by atoms with Crippen LogP contribution in [0.5, 0.6) is 11.5 Å². The summed E-state index contributed by atoms with van der Waals surface area (Å²) in [4.78, 5) is 26.7. The van der Waals surface area contributed by atoms with Crippen LogP contribution in [-0.2, 0) is 22.4 Å². The summed E-state index contributed by atoms with van der Waals surface area (Å²) in [6.45, 7) is 7.35. The van der Waals surface area contributed by atoms with Gasteiger partial charge in [-0.3, -0.25) is 9.59 Å². The lowest BCUT2D eigenvalue weighted by Crippen LogP contribution is -2.43. The molecule has 1 aliphatic heterocycles. The molecular formula is C29H40ClFN4O4. The Kier molecular flexibility index (Phi) is 12.3. The molecule has 0 radical (unpaired) electrons. The predicted octanol–water partition coefficient (Wildman–Crippen LogP) is 4.28. The Balaban J connectivity index is 1.43. The highest BCUT2D eigenvalue weighted by atomic mass is 35.5. The van der Waals surface area contributed by atoms with Gasteiger partial charge in [0, 0.05) is 32.1 Å². The average molecular weight is 563 g/mol. The quantitative estimate of drug-likeness (QED) is 0.180. The molecule has 0 saturated carbocycles. The molecule has 1 aliphatic rings. The Bertz CT molecular complexity index is 1120. The Morgan fingerprint density at radius 3 is 2.72 bits per heavy atom. The minimum absolute atomic E-state index is 0.0145. The van der Waals surface area contributed by atoms with Gasteiger partial charge in [0.2, 0.25) is 5.91 Å². The van der Waals surface area contributed by atoms with Gasteiger partial charge in [0.15, 0.2) is 12.4 Å². The molecule has 8 nitrogen and oxygen atoms in total. The van der Waals surface area contributed by atoms with Crippen molar-refractivity contribution in [3.63, 3.8) is 0 Å². The lowest BCUT2D eigenvalue weighted by Gasteiger charge is -2.30. The molecule has 0 spiro atoms. The number of nitrogens with one attached hydrogen (secondary N) is 3. The molecular weight excluding hydrogens is 523 g/mol. The minimum Gasteiger partial charge on any atom is -0.506 e. The summed E-state index contributed by atoms with van der Waals surface area (Å²) in [7, 11) is 0. The molecule has 10 heteroatoms. The summed E-state index contributed by atoms with van der Waals surface area (Å²) in [6.07, 6.45) is 4.88. The molecule has 2 aromatic carbocycles. The van der Waals surface area contributed by atoms with Gasteiger partial charge in [-0.1, -0.05) is 43.5 Å².